The van der Waals surface area contributed by atoms with Crippen LogP contribution in [0.2, 0.25) is 0 Å². The molecule has 1 heterocycles. The number of H-pyrrole nitrogens is 1. The molecular weight excluding hydrogens is 494 g/mol. The summed E-state index contributed by atoms with van der Waals surface area (Å²) in [4.78, 5) is 53.8. The molecule has 1 aromatic heterocycles. The number of nitrogens with one attached hydrogen (secondary N) is 4. The zero-order chi connectivity index (χ0) is 27.7. The van der Waals surface area contributed by atoms with E-state index >= 15 is 0 Å². The number of fused-ring (bicyclic) bond motifs is 1. The van der Waals surface area contributed by atoms with Crippen molar-refractivity contribution in [2.24, 2.45) is 17.6 Å². The molecule has 0 saturated heterocycles. The van der Waals surface area contributed by atoms with E-state index in [0.717, 1.165) is 16.5 Å². The number of carbonyl (C=O) groups excluding carboxylic acids is 3. The summed E-state index contributed by atoms with van der Waals surface area (Å²) in [5.74, 6) is -2.67. The van der Waals surface area contributed by atoms with Crippen molar-refractivity contribution in [3.63, 3.8) is 0 Å². The van der Waals surface area contributed by atoms with Crippen molar-refractivity contribution in [3.05, 3.63) is 36.0 Å². The summed E-state index contributed by atoms with van der Waals surface area (Å²) in [5, 5.41) is 18.3. The molecule has 1 aromatic carbocycles. The molecule has 37 heavy (non-hydrogen) atoms. The van der Waals surface area contributed by atoms with Crippen LogP contribution in [0.5, 0.6) is 0 Å². The van der Waals surface area contributed by atoms with E-state index in [9.17, 15) is 24.3 Å². The SMILES string of the molecule is CC(C)CC(N)C(=O)NC(CS)C(=O)NC(Cc1c[nH]c2ccccc12)C(=O)NC(CC(C)C)C(=O)O. The van der Waals surface area contributed by atoms with E-state index in [1.807, 2.05) is 52.0 Å². The van der Waals surface area contributed by atoms with E-state index in [4.69, 9.17) is 5.73 Å². The molecule has 0 aliphatic heterocycles. The van der Waals surface area contributed by atoms with Gasteiger partial charge in [-0.1, -0.05) is 45.9 Å². The van der Waals surface area contributed by atoms with Crippen molar-refractivity contribution in [2.45, 2.75) is 71.1 Å². The third kappa shape index (κ3) is 9.08. The number of carbonyl (C=O) groups is 4. The number of amides is 3. The molecule has 10 nitrogen and oxygen atoms in total. The minimum atomic E-state index is -1.15. The van der Waals surface area contributed by atoms with E-state index in [-0.39, 0.29) is 30.4 Å². The summed E-state index contributed by atoms with van der Waals surface area (Å²) in [5.41, 5.74) is 7.59. The first-order chi connectivity index (χ1) is 17.4. The summed E-state index contributed by atoms with van der Waals surface area (Å²) in [6.45, 7) is 7.59. The van der Waals surface area contributed by atoms with Crippen LogP contribution in [-0.4, -0.2) is 63.7 Å². The Labute approximate surface area is 222 Å². The van der Waals surface area contributed by atoms with E-state index in [1.165, 1.54) is 0 Å². The number of benzene rings is 1. The predicted molar refractivity (Wildman–Crippen MR) is 146 cm³/mol. The Balaban J connectivity index is 2.25. The second-order valence-electron chi connectivity index (χ2n) is 10.1. The Morgan fingerprint density at radius 2 is 1.46 bits per heavy atom. The molecule has 0 radical (unpaired) electrons. The smallest absolute Gasteiger partial charge is 0.326 e. The van der Waals surface area contributed by atoms with Gasteiger partial charge < -0.3 is 31.8 Å². The van der Waals surface area contributed by atoms with Crippen LogP contribution in [0, 0.1) is 11.8 Å². The first kappa shape index (κ1) is 30.2. The summed E-state index contributed by atoms with van der Waals surface area (Å²) >= 11 is 4.20. The first-order valence-electron chi connectivity index (χ1n) is 12.5. The molecule has 0 aliphatic rings. The van der Waals surface area contributed by atoms with Gasteiger partial charge in [-0.15, -0.1) is 0 Å². The number of nitrogens with two attached hydrogens (primary N) is 1. The van der Waals surface area contributed by atoms with E-state index in [1.54, 1.807) is 6.20 Å². The third-order valence-corrected chi connectivity index (χ3v) is 6.30. The number of hydrogen-bond donors (Lipinski definition) is 7. The van der Waals surface area contributed by atoms with Crippen LogP contribution in [0.3, 0.4) is 0 Å². The first-order valence-corrected chi connectivity index (χ1v) is 13.1. The molecule has 3 amide bonds. The highest BCUT2D eigenvalue weighted by molar-refractivity contribution is 7.80. The van der Waals surface area contributed by atoms with Gasteiger partial charge in [-0.25, -0.2) is 4.79 Å². The maximum absolute atomic E-state index is 13.3. The molecular formula is C26H39N5O5S. The second-order valence-corrected chi connectivity index (χ2v) is 10.5. The number of thiol groups is 1. The lowest BCUT2D eigenvalue weighted by Crippen LogP contribution is -2.58. The number of para-hydroxylation sites is 1. The fraction of sp³-hybridized carbons (Fsp3) is 0.538. The monoisotopic (exact) mass is 533 g/mol. The zero-order valence-electron chi connectivity index (χ0n) is 21.8. The van der Waals surface area contributed by atoms with Gasteiger partial charge in [0.25, 0.3) is 0 Å². The third-order valence-electron chi connectivity index (χ3n) is 5.93. The average molecular weight is 534 g/mol. The zero-order valence-corrected chi connectivity index (χ0v) is 22.7. The molecule has 4 unspecified atom stereocenters. The topological polar surface area (TPSA) is 166 Å². The molecule has 0 saturated carbocycles. The van der Waals surface area contributed by atoms with Gasteiger partial charge in [-0.2, -0.15) is 12.6 Å². The maximum atomic E-state index is 13.3. The van der Waals surface area contributed by atoms with Gasteiger partial charge in [0.2, 0.25) is 17.7 Å². The van der Waals surface area contributed by atoms with Crippen molar-refractivity contribution in [1.82, 2.24) is 20.9 Å². The van der Waals surface area contributed by atoms with Crippen LogP contribution in [-0.2, 0) is 25.6 Å². The minimum absolute atomic E-state index is 0.0154. The van der Waals surface area contributed by atoms with Crippen molar-refractivity contribution < 1.29 is 24.3 Å². The van der Waals surface area contributed by atoms with Crippen molar-refractivity contribution in [3.8, 4) is 0 Å². The molecule has 7 N–H and O–H groups in total. The fourth-order valence-electron chi connectivity index (χ4n) is 4.05. The minimum Gasteiger partial charge on any atom is -0.480 e. The van der Waals surface area contributed by atoms with E-state index < -0.39 is 47.9 Å². The van der Waals surface area contributed by atoms with E-state index in [0.29, 0.717) is 6.42 Å². The van der Waals surface area contributed by atoms with Crippen molar-refractivity contribution in [2.75, 3.05) is 5.75 Å². The molecule has 11 heteroatoms. The lowest BCUT2D eigenvalue weighted by Gasteiger charge is -2.25. The van der Waals surface area contributed by atoms with Gasteiger partial charge in [0, 0.05) is 29.3 Å². The quantitative estimate of drug-likeness (QED) is 0.182. The Morgan fingerprint density at radius 1 is 0.892 bits per heavy atom. The van der Waals surface area contributed by atoms with Gasteiger partial charge in [0.05, 0.1) is 6.04 Å². The number of aliphatic carboxylic acids is 1. The van der Waals surface area contributed by atoms with Crippen LogP contribution in [0.4, 0.5) is 0 Å². The van der Waals surface area contributed by atoms with Gasteiger partial charge in [0.15, 0.2) is 0 Å². The Kier molecular flexibility index (Phi) is 11.4. The van der Waals surface area contributed by atoms with Crippen LogP contribution in [0.15, 0.2) is 30.5 Å². The van der Waals surface area contributed by atoms with Crippen LogP contribution < -0.4 is 21.7 Å². The van der Waals surface area contributed by atoms with Crippen LogP contribution in [0.25, 0.3) is 10.9 Å². The van der Waals surface area contributed by atoms with Gasteiger partial charge in [-0.05, 0) is 36.3 Å². The Hall–Kier alpha value is -3.05. The summed E-state index contributed by atoms with van der Waals surface area (Å²) < 4.78 is 0. The number of rotatable bonds is 14. The molecule has 0 aliphatic carbocycles. The highest BCUT2D eigenvalue weighted by Gasteiger charge is 2.31. The summed E-state index contributed by atoms with van der Waals surface area (Å²) in [6.07, 6.45) is 2.54. The Morgan fingerprint density at radius 3 is 2.05 bits per heavy atom. The van der Waals surface area contributed by atoms with Crippen molar-refractivity contribution >= 4 is 47.2 Å². The molecule has 2 aromatic rings. The molecule has 0 fully saturated rings. The average Bonchev–Trinajstić information content (AvgIpc) is 3.23. The standard InChI is InChI=1S/C26H39N5O5S/c1-14(2)9-18(27)23(32)31-22(13-37)25(34)29-20(24(33)30-21(26(35)36)10-15(3)4)11-16-12-28-19-8-6-5-7-17(16)19/h5-8,12,14-15,18,20-22,28,37H,9-11,13,27H2,1-4H3,(H,29,34)(H,30,33)(H,31,32)(H,35,36). The van der Waals surface area contributed by atoms with Gasteiger partial charge >= 0.3 is 5.97 Å². The second kappa shape index (κ2) is 14.0. The lowest BCUT2D eigenvalue weighted by molar-refractivity contribution is -0.142. The molecule has 204 valence electrons. The molecule has 0 bridgehead atoms. The van der Waals surface area contributed by atoms with Gasteiger partial charge in [-0.3, -0.25) is 14.4 Å². The summed E-state index contributed by atoms with van der Waals surface area (Å²) in [7, 11) is 0. The van der Waals surface area contributed by atoms with Gasteiger partial charge in [0.1, 0.15) is 18.1 Å². The number of carboxylic acid groups (broad SMARTS) is 1. The van der Waals surface area contributed by atoms with Crippen molar-refractivity contribution in [1.29, 1.82) is 0 Å². The number of aromatic amines is 1. The fourth-order valence-corrected chi connectivity index (χ4v) is 4.31. The Bertz CT molecular complexity index is 1090. The van der Waals surface area contributed by atoms with E-state index in [2.05, 4.69) is 33.6 Å². The normalized spacial score (nSPS) is 14.7. The number of carboxylic acids is 1. The molecule has 4 atom stereocenters. The predicted octanol–water partition coefficient (Wildman–Crippen LogP) is 1.60. The molecule has 0 spiro atoms. The highest BCUT2D eigenvalue weighted by atomic mass is 32.1. The lowest BCUT2D eigenvalue weighted by atomic mass is 10.0. The highest BCUT2D eigenvalue weighted by Crippen LogP contribution is 2.19. The molecule has 2 rings (SSSR count). The maximum Gasteiger partial charge on any atom is 0.326 e. The number of aromatic nitrogens is 1. The number of hydrogen-bond acceptors (Lipinski definition) is 6. The largest absolute Gasteiger partial charge is 0.480 e. The van der Waals surface area contributed by atoms with Crippen LogP contribution in [0.1, 0.15) is 46.1 Å². The summed E-state index contributed by atoms with van der Waals surface area (Å²) in [6, 6.07) is 3.51. The van der Waals surface area contributed by atoms with Crippen LogP contribution >= 0.6 is 12.6 Å².